The highest BCUT2D eigenvalue weighted by Gasteiger charge is 2.07. The van der Waals surface area contributed by atoms with Crippen molar-refractivity contribution in [2.24, 2.45) is 5.10 Å². The molecule has 2 N–H and O–H groups in total. The molecule has 2 aromatic rings. The second-order valence-corrected chi connectivity index (χ2v) is 5.58. The molecule has 7 heteroatoms. The normalized spacial score (nSPS) is 11.2. The predicted octanol–water partition coefficient (Wildman–Crippen LogP) is 3.90. The molecule has 0 radical (unpaired) electrons. The van der Waals surface area contributed by atoms with Crippen LogP contribution >= 0.6 is 11.6 Å². The van der Waals surface area contributed by atoms with Gasteiger partial charge >= 0.3 is 5.97 Å². The average molecular weight is 363 g/mol. The van der Waals surface area contributed by atoms with Gasteiger partial charge in [-0.25, -0.2) is 4.79 Å². The maximum atomic E-state index is 11.0. The van der Waals surface area contributed by atoms with Crippen molar-refractivity contribution in [2.75, 3.05) is 25.7 Å². The molecule has 132 valence electrons. The van der Waals surface area contributed by atoms with Crippen LogP contribution in [0.1, 0.15) is 22.8 Å². The highest BCUT2D eigenvalue weighted by Crippen LogP contribution is 2.23. The Bertz CT molecular complexity index is 760. The van der Waals surface area contributed by atoms with Crippen LogP contribution in [0.2, 0.25) is 5.02 Å². The highest BCUT2D eigenvalue weighted by atomic mass is 35.5. The van der Waals surface area contributed by atoms with Gasteiger partial charge in [-0.15, -0.1) is 0 Å². The predicted molar refractivity (Wildman–Crippen MR) is 98.1 cm³/mol. The van der Waals surface area contributed by atoms with E-state index < -0.39 is 5.97 Å². The van der Waals surface area contributed by atoms with Crippen LogP contribution < -0.4 is 10.2 Å². The number of anilines is 1. The molecule has 25 heavy (non-hydrogen) atoms. The van der Waals surface area contributed by atoms with Crippen molar-refractivity contribution < 1.29 is 19.4 Å². The number of carboxylic acid groups (broad SMARTS) is 1. The van der Waals surface area contributed by atoms with Crippen LogP contribution in [0.3, 0.4) is 0 Å². The van der Waals surface area contributed by atoms with Crippen molar-refractivity contribution in [1.82, 2.24) is 0 Å². The molecular weight excluding hydrogens is 344 g/mol. The molecular formula is C18H19ClN2O4. The largest absolute Gasteiger partial charge is 0.491 e. The zero-order valence-electron chi connectivity index (χ0n) is 14.0. The van der Waals surface area contributed by atoms with E-state index in [0.29, 0.717) is 23.9 Å². The fourth-order valence-electron chi connectivity index (χ4n) is 1.99. The zero-order chi connectivity index (χ0) is 18.2. The summed E-state index contributed by atoms with van der Waals surface area (Å²) in [6, 6.07) is 11.9. The molecule has 0 bridgehead atoms. The van der Waals surface area contributed by atoms with Crippen LogP contribution in [0.15, 0.2) is 47.6 Å². The Kier molecular flexibility index (Phi) is 6.80. The van der Waals surface area contributed by atoms with Gasteiger partial charge in [0.15, 0.2) is 0 Å². The van der Waals surface area contributed by atoms with Gasteiger partial charge in [-0.2, -0.15) is 5.10 Å². The van der Waals surface area contributed by atoms with Crippen molar-refractivity contribution in [2.45, 2.75) is 6.92 Å². The van der Waals surface area contributed by atoms with Gasteiger partial charge in [-0.1, -0.05) is 11.6 Å². The first kappa shape index (κ1) is 18.8. The van der Waals surface area contributed by atoms with Crippen LogP contribution in [-0.2, 0) is 4.74 Å². The van der Waals surface area contributed by atoms with E-state index in [-0.39, 0.29) is 5.56 Å². The molecule has 0 saturated heterocycles. The fourth-order valence-corrected chi connectivity index (χ4v) is 2.15. The third kappa shape index (κ3) is 5.48. The number of hydrogen-bond donors (Lipinski definition) is 2. The molecule has 6 nitrogen and oxygen atoms in total. The number of carbonyl (C=O) groups is 1. The molecule has 0 aliphatic rings. The number of methoxy groups -OCH3 is 1. The number of carboxylic acids is 1. The van der Waals surface area contributed by atoms with E-state index in [2.05, 4.69) is 10.5 Å². The van der Waals surface area contributed by atoms with E-state index in [1.807, 2.05) is 31.2 Å². The molecule has 0 atom stereocenters. The minimum atomic E-state index is -1.02. The standard InChI is InChI=1S/C18H19ClN2O4/c1-12(13-3-6-15(7-4-13)25-10-9-24-2)20-21-17-11-14(18(22)23)5-8-16(17)19/h3-8,11,21H,9-10H2,1-2H3,(H,22,23)/b20-12+. The summed E-state index contributed by atoms with van der Waals surface area (Å²) in [6.07, 6.45) is 0. The Balaban J connectivity index is 2.06. The summed E-state index contributed by atoms with van der Waals surface area (Å²) in [4.78, 5) is 11.0. The Morgan fingerprint density at radius 3 is 2.48 bits per heavy atom. The minimum absolute atomic E-state index is 0.136. The monoisotopic (exact) mass is 362 g/mol. The first-order valence-electron chi connectivity index (χ1n) is 7.56. The minimum Gasteiger partial charge on any atom is -0.491 e. The van der Waals surface area contributed by atoms with Gasteiger partial charge < -0.3 is 14.6 Å². The van der Waals surface area contributed by atoms with E-state index in [1.165, 1.54) is 18.2 Å². The van der Waals surface area contributed by atoms with Gasteiger partial charge in [0.1, 0.15) is 12.4 Å². The third-order valence-electron chi connectivity index (χ3n) is 3.39. The van der Waals surface area contributed by atoms with Crippen molar-refractivity contribution in [3.8, 4) is 5.75 Å². The number of aromatic carboxylic acids is 1. The smallest absolute Gasteiger partial charge is 0.335 e. The number of hydrazone groups is 1. The molecule has 0 unspecified atom stereocenters. The van der Waals surface area contributed by atoms with Crippen molar-refractivity contribution >= 4 is 29.0 Å². The van der Waals surface area contributed by atoms with Crippen molar-refractivity contribution in [3.63, 3.8) is 0 Å². The number of nitrogens with one attached hydrogen (secondary N) is 1. The van der Waals surface area contributed by atoms with Gasteiger partial charge in [-0.3, -0.25) is 5.43 Å². The lowest BCUT2D eigenvalue weighted by Gasteiger charge is -2.08. The Morgan fingerprint density at radius 2 is 1.84 bits per heavy atom. The summed E-state index contributed by atoms with van der Waals surface area (Å²) >= 11 is 6.06. The van der Waals surface area contributed by atoms with Crippen LogP contribution in [0.25, 0.3) is 0 Å². The fraction of sp³-hybridized carbons (Fsp3) is 0.222. The molecule has 0 heterocycles. The molecule has 0 aliphatic carbocycles. The molecule has 0 aromatic heterocycles. The third-order valence-corrected chi connectivity index (χ3v) is 3.72. The van der Waals surface area contributed by atoms with Gasteiger partial charge in [0, 0.05) is 7.11 Å². The molecule has 0 amide bonds. The van der Waals surface area contributed by atoms with E-state index in [9.17, 15) is 4.79 Å². The number of hydrogen-bond acceptors (Lipinski definition) is 5. The maximum absolute atomic E-state index is 11.0. The van der Waals surface area contributed by atoms with Crippen molar-refractivity contribution in [1.29, 1.82) is 0 Å². The Hall–Kier alpha value is -2.57. The SMILES string of the molecule is COCCOc1ccc(/C(C)=N/Nc2cc(C(=O)O)ccc2Cl)cc1. The highest BCUT2D eigenvalue weighted by molar-refractivity contribution is 6.33. The second-order valence-electron chi connectivity index (χ2n) is 5.17. The number of halogens is 1. The van der Waals surface area contributed by atoms with E-state index in [0.717, 1.165) is 17.0 Å². The topological polar surface area (TPSA) is 80.2 Å². The first-order chi connectivity index (χ1) is 12.0. The number of benzene rings is 2. The van der Waals surface area contributed by atoms with Crippen LogP contribution in [0.4, 0.5) is 5.69 Å². The number of nitrogens with zero attached hydrogens (tertiary/aromatic N) is 1. The summed E-state index contributed by atoms with van der Waals surface area (Å²) in [5, 5.41) is 13.7. The summed E-state index contributed by atoms with van der Waals surface area (Å²) in [5.41, 5.74) is 5.00. The average Bonchev–Trinajstić information content (AvgIpc) is 2.61. The lowest BCUT2D eigenvalue weighted by atomic mass is 10.1. The molecule has 0 spiro atoms. The molecule has 0 saturated carbocycles. The molecule has 2 rings (SSSR count). The quantitative estimate of drug-likeness (QED) is 0.423. The van der Waals surface area contributed by atoms with Gasteiger partial charge in [0.2, 0.25) is 0 Å². The maximum Gasteiger partial charge on any atom is 0.335 e. The van der Waals surface area contributed by atoms with Gasteiger partial charge in [-0.05, 0) is 55.0 Å². The summed E-state index contributed by atoms with van der Waals surface area (Å²) in [6.45, 7) is 2.86. The Morgan fingerprint density at radius 1 is 1.16 bits per heavy atom. The van der Waals surface area contributed by atoms with Crippen LogP contribution in [0.5, 0.6) is 5.75 Å². The lowest BCUT2D eigenvalue weighted by Crippen LogP contribution is -2.05. The molecule has 0 aliphatic heterocycles. The zero-order valence-corrected chi connectivity index (χ0v) is 14.7. The summed E-state index contributed by atoms with van der Waals surface area (Å²) < 4.78 is 10.4. The van der Waals surface area contributed by atoms with Gasteiger partial charge in [0.05, 0.1) is 28.6 Å². The molecule has 0 fully saturated rings. The number of ether oxygens (including phenoxy) is 2. The lowest BCUT2D eigenvalue weighted by molar-refractivity contribution is 0.0697. The number of rotatable bonds is 8. The first-order valence-corrected chi connectivity index (χ1v) is 7.94. The summed E-state index contributed by atoms with van der Waals surface area (Å²) in [7, 11) is 1.62. The summed E-state index contributed by atoms with van der Waals surface area (Å²) in [5.74, 6) is -0.275. The van der Waals surface area contributed by atoms with E-state index >= 15 is 0 Å². The van der Waals surface area contributed by atoms with E-state index in [4.69, 9.17) is 26.2 Å². The van der Waals surface area contributed by atoms with Crippen molar-refractivity contribution in [3.05, 3.63) is 58.6 Å². The second kappa shape index (κ2) is 9.05. The Labute approximate surface area is 151 Å². The van der Waals surface area contributed by atoms with Crippen LogP contribution in [-0.4, -0.2) is 37.1 Å². The van der Waals surface area contributed by atoms with Gasteiger partial charge in [0.25, 0.3) is 0 Å². The van der Waals surface area contributed by atoms with E-state index in [1.54, 1.807) is 7.11 Å². The van der Waals surface area contributed by atoms with Crippen LogP contribution in [0, 0.1) is 0 Å². The molecule has 2 aromatic carbocycles.